The third-order valence-electron chi connectivity index (χ3n) is 2.69. The highest BCUT2D eigenvalue weighted by Crippen LogP contribution is 2.27. The average Bonchev–Trinajstić information content (AvgIpc) is 2.38. The van der Waals surface area contributed by atoms with Crippen molar-refractivity contribution in [2.75, 3.05) is 7.05 Å². The van der Waals surface area contributed by atoms with Gasteiger partial charge in [-0.05, 0) is 42.4 Å². The van der Waals surface area contributed by atoms with E-state index in [1.807, 2.05) is 13.1 Å². The second kappa shape index (κ2) is 7.08. The van der Waals surface area contributed by atoms with Gasteiger partial charge < -0.3 is 5.32 Å². The molecule has 0 spiro atoms. The normalized spacial score (nSPS) is 10.7. The fourth-order valence-corrected chi connectivity index (χ4v) is 3.41. The minimum atomic E-state index is -0.211. The molecule has 2 aromatic rings. The van der Waals surface area contributed by atoms with Gasteiger partial charge >= 0.3 is 0 Å². The highest BCUT2D eigenvalue weighted by atomic mass is 79.9. The summed E-state index contributed by atoms with van der Waals surface area (Å²) in [6, 6.07) is 13.3. The lowest BCUT2D eigenvalue weighted by Gasteiger charge is -2.06. The molecule has 100 valence electrons. The first-order chi connectivity index (χ1) is 9.19. The standard InChI is InChI=1S/C15H15BrFNS/c1-18-9-11-3-2-4-14(7-11)19-10-12-5-6-13(17)8-15(12)16/h2-8,18H,9-10H2,1H3. The fourth-order valence-electron chi connectivity index (χ4n) is 1.75. The number of rotatable bonds is 5. The Labute approximate surface area is 125 Å². The Morgan fingerprint density at radius 2 is 2.05 bits per heavy atom. The summed E-state index contributed by atoms with van der Waals surface area (Å²) in [5, 5.41) is 3.14. The molecule has 2 aromatic carbocycles. The van der Waals surface area contributed by atoms with E-state index in [0.717, 1.165) is 22.3 Å². The molecule has 0 aromatic heterocycles. The zero-order chi connectivity index (χ0) is 13.7. The van der Waals surface area contributed by atoms with Crippen molar-refractivity contribution in [3.8, 4) is 0 Å². The van der Waals surface area contributed by atoms with Crippen molar-refractivity contribution in [1.29, 1.82) is 0 Å². The van der Waals surface area contributed by atoms with Gasteiger partial charge in [0.1, 0.15) is 5.82 Å². The Morgan fingerprint density at radius 1 is 1.21 bits per heavy atom. The van der Waals surface area contributed by atoms with Gasteiger partial charge in [-0.2, -0.15) is 0 Å². The monoisotopic (exact) mass is 339 g/mol. The van der Waals surface area contributed by atoms with E-state index in [2.05, 4.69) is 45.5 Å². The summed E-state index contributed by atoms with van der Waals surface area (Å²) in [6.07, 6.45) is 0. The van der Waals surface area contributed by atoms with Gasteiger partial charge in [-0.1, -0.05) is 34.1 Å². The Morgan fingerprint density at radius 3 is 2.79 bits per heavy atom. The molecule has 19 heavy (non-hydrogen) atoms. The number of benzene rings is 2. The Hall–Kier alpha value is -0.840. The van der Waals surface area contributed by atoms with Gasteiger partial charge in [0.2, 0.25) is 0 Å². The summed E-state index contributed by atoms with van der Waals surface area (Å²) in [6.45, 7) is 0.870. The minimum Gasteiger partial charge on any atom is -0.316 e. The van der Waals surface area contributed by atoms with E-state index in [0.29, 0.717) is 0 Å². The highest BCUT2D eigenvalue weighted by Gasteiger charge is 2.03. The maximum Gasteiger partial charge on any atom is 0.124 e. The van der Waals surface area contributed by atoms with Crippen LogP contribution in [0.1, 0.15) is 11.1 Å². The molecule has 0 heterocycles. The Balaban J connectivity index is 2.03. The summed E-state index contributed by atoms with van der Waals surface area (Å²) in [4.78, 5) is 1.23. The first-order valence-electron chi connectivity index (χ1n) is 5.99. The molecule has 2 rings (SSSR count). The van der Waals surface area contributed by atoms with Gasteiger partial charge in [0, 0.05) is 21.7 Å². The maximum atomic E-state index is 13.0. The van der Waals surface area contributed by atoms with Crippen LogP contribution in [0.5, 0.6) is 0 Å². The molecule has 0 fully saturated rings. The third-order valence-corrected chi connectivity index (χ3v) is 4.47. The molecule has 0 saturated heterocycles. The van der Waals surface area contributed by atoms with Gasteiger partial charge in [0.15, 0.2) is 0 Å². The zero-order valence-electron chi connectivity index (χ0n) is 10.6. The van der Waals surface area contributed by atoms with Crippen molar-refractivity contribution in [2.24, 2.45) is 0 Å². The molecule has 1 N–H and O–H groups in total. The van der Waals surface area contributed by atoms with Gasteiger partial charge in [-0.25, -0.2) is 4.39 Å². The van der Waals surface area contributed by atoms with E-state index in [9.17, 15) is 4.39 Å². The van der Waals surface area contributed by atoms with E-state index in [1.165, 1.54) is 22.6 Å². The maximum absolute atomic E-state index is 13.0. The second-order valence-corrected chi connectivity index (χ2v) is 6.11. The molecule has 0 amide bonds. The van der Waals surface area contributed by atoms with Crippen LogP contribution < -0.4 is 5.32 Å². The van der Waals surface area contributed by atoms with E-state index in [-0.39, 0.29) is 5.82 Å². The van der Waals surface area contributed by atoms with Crippen LogP contribution in [0.15, 0.2) is 51.8 Å². The van der Waals surface area contributed by atoms with Gasteiger partial charge in [-0.15, -0.1) is 11.8 Å². The van der Waals surface area contributed by atoms with Crippen LogP contribution in [-0.2, 0) is 12.3 Å². The van der Waals surface area contributed by atoms with Gasteiger partial charge in [-0.3, -0.25) is 0 Å². The molecule has 0 aliphatic carbocycles. The lowest BCUT2D eigenvalue weighted by atomic mass is 10.2. The second-order valence-electron chi connectivity index (χ2n) is 4.20. The fraction of sp³-hybridized carbons (Fsp3) is 0.200. The highest BCUT2D eigenvalue weighted by molar-refractivity contribution is 9.10. The quantitative estimate of drug-likeness (QED) is 0.799. The number of halogens is 2. The van der Waals surface area contributed by atoms with E-state index < -0.39 is 0 Å². The van der Waals surface area contributed by atoms with Crippen LogP contribution in [0, 0.1) is 5.82 Å². The molecule has 1 nitrogen and oxygen atoms in total. The first kappa shape index (κ1) is 14.6. The third kappa shape index (κ3) is 4.34. The lowest BCUT2D eigenvalue weighted by Crippen LogP contribution is -2.04. The van der Waals surface area contributed by atoms with Crippen molar-refractivity contribution in [3.05, 3.63) is 63.9 Å². The Bertz CT molecular complexity index is 560. The van der Waals surface area contributed by atoms with E-state index in [1.54, 1.807) is 11.8 Å². The molecule has 0 aliphatic heterocycles. The van der Waals surface area contributed by atoms with E-state index >= 15 is 0 Å². The molecule has 0 radical (unpaired) electrons. The smallest absolute Gasteiger partial charge is 0.124 e. The van der Waals surface area contributed by atoms with Crippen molar-refractivity contribution >= 4 is 27.7 Å². The molecule has 0 atom stereocenters. The van der Waals surface area contributed by atoms with Crippen LogP contribution in [0.25, 0.3) is 0 Å². The molecule has 0 bridgehead atoms. The first-order valence-corrected chi connectivity index (χ1v) is 7.77. The number of hydrogen-bond donors (Lipinski definition) is 1. The van der Waals surface area contributed by atoms with Crippen molar-refractivity contribution in [1.82, 2.24) is 5.32 Å². The van der Waals surface area contributed by atoms with Crippen molar-refractivity contribution in [2.45, 2.75) is 17.2 Å². The average molecular weight is 340 g/mol. The summed E-state index contributed by atoms with van der Waals surface area (Å²) in [5.74, 6) is 0.612. The van der Waals surface area contributed by atoms with Crippen LogP contribution in [0.4, 0.5) is 4.39 Å². The summed E-state index contributed by atoms with van der Waals surface area (Å²) in [7, 11) is 1.94. The van der Waals surface area contributed by atoms with Gasteiger partial charge in [0.25, 0.3) is 0 Å². The largest absolute Gasteiger partial charge is 0.316 e. The molecule has 4 heteroatoms. The predicted molar refractivity (Wildman–Crippen MR) is 82.9 cm³/mol. The zero-order valence-corrected chi connectivity index (χ0v) is 13.0. The topological polar surface area (TPSA) is 12.0 Å². The van der Waals surface area contributed by atoms with Crippen LogP contribution in [-0.4, -0.2) is 7.05 Å². The summed E-state index contributed by atoms with van der Waals surface area (Å²) < 4.78 is 13.8. The molecular formula is C15H15BrFNS. The lowest BCUT2D eigenvalue weighted by molar-refractivity contribution is 0.626. The van der Waals surface area contributed by atoms with Crippen LogP contribution in [0.3, 0.4) is 0 Å². The SMILES string of the molecule is CNCc1cccc(SCc2ccc(F)cc2Br)c1. The van der Waals surface area contributed by atoms with Crippen LogP contribution >= 0.6 is 27.7 Å². The molecular weight excluding hydrogens is 325 g/mol. The number of hydrogen-bond acceptors (Lipinski definition) is 2. The van der Waals surface area contributed by atoms with Crippen LogP contribution in [0.2, 0.25) is 0 Å². The van der Waals surface area contributed by atoms with Crippen molar-refractivity contribution < 1.29 is 4.39 Å². The minimum absolute atomic E-state index is 0.211. The molecule has 0 aliphatic rings. The number of nitrogens with one attached hydrogen (secondary N) is 1. The molecule has 0 unspecified atom stereocenters. The predicted octanol–water partition coefficient (Wildman–Crippen LogP) is 4.60. The Kier molecular flexibility index (Phi) is 5.43. The molecule has 0 saturated carbocycles. The van der Waals surface area contributed by atoms with Crippen molar-refractivity contribution in [3.63, 3.8) is 0 Å². The summed E-state index contributed by atoms with van der Waals surface area (Å²) >= 11 is 5.15. The van der Waals surface area contributed by atoms with E-state index in [4.69, 9.17) is 0 Å². The number of thioether (sulfide) groups is 1. The van der Waals surface area contributed by atoms with Gasteiger partial charge in [0.05, 0.1) is 0 Å². The summed E-state index contributed by atoms with van der Waals surface area (Å²) in [5.41, 5.74) is 2.37.